The van der Waals surface area contributed by atoms with Gasteiger partial charge in [0.15, 0.2) is 0 Å². The third-order valence-electron chi connectivity index (χ3n) is 9.60. The molecule has 0 saturated heterocycles. The molecule has 0 atom stereocenters. The molecule has 8 aromatic rings. The number of aryl methyl sites for hydroxylation is 1. The molecule has 0 saturated carbocycles. The molecule has 2 heteroatoms. The monoisotopic (exact) mass is 647 g/mol. The highest BCUT2D eigenvalue weighted by Gasteiger charge is 2.17. The molecule has 0 spiro atoms. The first-order valence-electron chi connectivity index (χ1n) is 16.9. The number of hydrogen-bond acceptors (Lipinski definition) is 2. The molecule has 1 heterocycles. The minimum absolute atomic E-state index is 0.814. The molecule has 0 radical (unpaired) electrons. The summed E-state index contributed by atoms with van der Waals surface area (Å²) in [6, 6.07) is 50.8. The summed E-state index contributed by atoms with van der Waals surface area (Å²) in [6.45, 7) is 8.50. The normalized spacial score (nSPS) is 12.1. The zero-order valence-corrected chi connectivity index (χ0v) is 28.7. The Morgan fingerprint density at radius 1 is 0.612 bits per heavy atom. The molecule has 0 aliphatic rings. The van der Waals surface area contributed by atoms with E-state index in [4.69, 9.17) is 0 Å². The molecule has 49 heavy (non-hydrogen) atoms. The van der Waals surface area contributed by atoms with Gasteiger partial charge in [-0.25, -0.2) is 0 Å². The Hall–Kier alpha value is -5.70. The fraction of sp³-hybridized carbons (Fsp3) is 0.0638. The number of anilines is 2. The summed E-state index contributed by atoms with van der Waals surface area (Å²) in [4.78, 5) is 2.40. The van der Waals surface area contributed by atoms with Crippen LogP contribution in [0.25, 0.3) is 58.9 Å². The predicted octanol–water partition coefficient (Wildman–Crippen LogP) is 13.8. The number of nitrogens with zero attached hydrogens (tertiary/aromatic N) is 1. The van der Waals surface area contributed by atoms with Gasteiger partial charge in [-0.1, -0.05) is 122 Å². The standard InChI is InChI=1S/C47H37NS/c1-4-13-36(24-20-33-21-29-47-45(30-33)43-18-11-12-19-46(43)49-47)48(37-25-22-35(23-26-37)34-14-7-6-8-15-34)38-27-28-42-39(5-2)32(3)40-16-9-10-17-41(40)44(42)31-38/h4-19,21-31H,2,20H2,1,3H3/b13-4-,36-24+. The molecule has 0 fully saturated rings. The van der Waals surface area contributed by atoms with E-state index in [1.54, 1.807) is 0 Å². The van der Waals surface area contributed by atoms with Gasteiger partial charge >= 0.3 is 0 Å². The third-order valence-corrected chi connectivity index (χ3v) is 10.7. The number of thiophene rings is 1. The van der Waals surface area contributed by atoms with Crippen LogP contribution in [0.2, 0.25) is 0 Å². The number of allylic oxidation sites excluding steroid dienone is 3. The highest BCUT2D eigenvalue weighted by molar-refractivity contribution is 7.25. The lowest BCUT2D eigenvalue weighted by Gasteiger charge is -2.28. The summed E-state index contributed by atoms with van der Waals surface area (Å²) in [5, 5.41) is 7.65. The van der Waals surface area contributed by atoms with E-state index in [-0.39, 0.29) is 0 Å². The summed E-state index contributed by atoms with van der Waals surface area (Å²) < 4.78 is 2.67. The van der Waals surface area contributed by atoms with Crippen molar-refractivity contribution >= 4 is 70.5 Å². The van der Waals surface area contributed by atoms with Crippen LogP contribution in [0.5, 0.6) is 0 Å². The van der Waals surface area contributed by atoms with Crippen molar-refractivity contribution in [3.8, 4) is 11.1 Å². The summed E-state index contributed by atoms with van der Waals surface area (Å²) in [5.41, 5.74) is 9.54. The van der Waals surface area contributed by atoms with E-state index in [0.29, 0.717) is 0 Å². The van der Waals surface area contributed by atoms with Gasteiger partial charge in [-0.15, -0.1) is 11.3 Å². The van der Waals surface area contributed by atoms with Crippen molar-refractivity contribution in [1.82, 2.24) is 0 Å². The van der Waals surface area contributed by atoms with Crippen LogP contribution in [0, 0.1) is 6.92 Å². The van der Waals surface area contributed by atoms with E-state index in [0.717, 1.165) is 23.5 Å². The Balaban J connectivity index is 1.28. The maximum atomic E-state index is 4.20. The van der Waals surface area contributed by atoms with Crippen LogP contribution in [-0.2, 0) is 6.42 Å². The second-order valence-electron chi connectivity index (χ2n) is 12.5. The van der Waals surface area contributed by atoms with Crippen LogP contribution in [0.3, 0.4) is 0 Å². The molecule has 236 valence electrons. The van der Waals surface area contributed by atoms with Crippen LogP contribution < -0.4 is 4.90 Å². The maximum absolute atomic E-state index is 4.20. The zero-order chi connectivity index (χ0) is 33.3. The van der Waals surface area contributed by atoms with Gasteiger partial charge in [0.2, 0.25) is 0 Å². The van der Waals surface area contributed by atoms with E-state index < -0.39 is 0 Å². The van der Waals surface area contributed by atoms with Crippen molar-refractivity contribution in [2.24, 2.45) is 0 Å². The Morgan fingerprint density at radius 2 is 1.29 bits per heavy atom. The van der Waals surface area contributed by atoms with Crippen molar-refractivity contribution in [1.29, 1.82) is 0 Å². The quantitative estimate of drug-likeness (QED) is 0.117. The van der Waals surface area contributed by atoms with Gasteiger partial charge in [0.25, 0.3) is 0 Å². The first-order valence-corrected chi connectivity index (χ1v) is 17.7. The molecule has 1 nitrogen and oxygen atoms in total. The largest absolute Gasteiger partial charge is 0.311 e. The fourth-order valence-corrected chi connectivity index (χ4v) is 8.28. The van der Waals surface area contributed by atoms with Gasteiger partial charge in [0.1, 0.15) is 0 Å². The molecule has 0 amide bonds. The van der Waals surface area contributed by atoms with Crippen molar-refractivity contribution in [2.45, 2.75) is 20.3 Å². The van der Waals surface area contributed by atoms with Crippen molar-refractivity contribution in [3.63, 3.8) is 0 Å². The summed E-state index contributed by atoms with van der Waals surface area (Å²) >= 11 is 1.87. The second kappa shape index (κ2) is 13.1. The van der Waals surface area contributed by atoms with Crippen molar-refractivity contribution in [2.75, 3.05) is 4.90 Å². The molecule has 8 rings (SSSR count). The summed E-state index contributed by atoms with van der Waals surface area (Å²) in [7, 11) is 0. The predicted molar refractivity (Wildman–Crippen MR) is 216 cm³/mol. The SMILES string of the molecule is C=Cc1c(C)c2ccccc2c2cc(N(C(/C=C\C)=C/Cc3ccc4sc5ccccc5c4c3)c3ccc(-c4ccccc4)cc3)ccc12. The number of benzene rings is 7. The van der Waals surface area contributed by atoms with Gasteiger partial charge in [0, 0.05) is 37.2 Å². The van der Waals surface area contributed by atoms with E-state index in [1.165, 1.54) is 69.5 Å². The Bertz CT molecular complexity index is 2550. The lowest BCUT2D eigenvalue weighted by molar-refractivity contribution is 1.16. The lowest BCUT2D eigenvalue weighted by atomic mass is 9.92. The fourth-order valence-electron chi connectivity index (χ4n) is 7.19. The van der Waals surface area contributed by atoms with Crippen molar-refractivity contribution in [3.05, 3.63) is 187 Å². The molecule has 7 aromatic carbocycles. The van der Waals surface area contributed by atoms with E-state index >= 15 is 0 Å². The van der Waals surface area contributed by atoms with E-state index in [2.05, 4.69) is 183 Å². The molecule has 0 bridgehead atoms. The molecule has 0 unspecified atom stereocenters. The van der Waals surface area contributed by atoms with E-state index in [9.17, 15) is 0 Å². The summed E-state index contributed by atoms with van der Waals surface area (Å²) in [5.74, 6) is 0. The number of hydrogen-bond donors (Lipinski definition) is 0. The van der Waals surface area contributed by atoms with Gasteiger partial charge in [-0.3, -0.25) is 0 Å². The Kier molecular flexibility index (Phi) is 8.17. The van der Waals surface area contributed by atoms with Gasteiger partial charge in [-0.05, 0) is 118 Å². The molecule has 0 aliphatic heterocycles. The van der Waals surface area contributed by atoms with Gasteiger partial charge in [0.05, 0.1) is 0 Å². The van der Waals surface area contributed by atoms with Crippen molar-refractivity contribution < 1.29 is 0 Å². The van der Waals surface area contributed by atoms with Crippen LogP contribution in [0.4, 0.5) is 11.4 Å². The van der Waals surface area contributed by atoms with Gasteiger partial charge < -0.3 is 4.90 Å². The second-order valence-corrected chi connectivity index (χ2v) is 13.6. The Labute approximate surface area is 292 Å². The third kappa shape index (κ3) is 5.65. The molecular weight excluding hydrogens is 611 g/mol. The topological polar surface area (TPSA) is 3.24 Å². The molecule has 1 aromatic heterocycles. The molecular formula is C47H37NS. The first-order chi connectivity index (χ1) is 24.1. The van der Waals surface area contributed by atoms with Crippen LogP contribution in [0.1, 0.15) is 23.6 Å². The zero-order valence-electron chi connectivity index (χ0n) is 27.9. The number of fused-ring (bicyclic) bond motifs is 6. The maximum Gasteiger partial charge on any atom is 0.0468 e. The minimum Gasteiger partial charge on any atom is -0.311 e. The number of rotatable bonds is 8. The molecule has 0 aliphatic carbocycles. The minimum atomic E-state index is 0.814. The summed E-state index contributed by atoms with van der Waals surface area (Å²) in [6.07, 6.45) is 9.56. The van der Waals surface area contributed by atoms with Crippen LogP contribution in [0.15, 0.2) is 170 Å². The highest BCUT2D eigenvalue weighted by Crippen LogP contribution is 2.39. The average molecular weight is 648 g/mol. The van der Waals surface area contributed by atoms with Crippen LogP contribution in [-0.4, -0.2) is 0 Å². The van der Waals surface area contributed by atoms with Gasteiger partial charge in [-0.2, -0.15) is 0 Å². The molecule has 0 N–H and O–H groups in total. The smallest absolute Gasteiger partial charge is 0.0468 e. The lowest BCUT2D eigenvalue weighted by Crippen LogP contribution is -2.15. The Morgan fingerprint density at radius 3 is 2.06 bits per heavy atom. The van der Waals surface area contributed by atoms with E-state index in [1.807, 2.05) is 17.4 Å². The first kappa shape index (κ1) is 30.6. The van der Waals surface area contributed by atoms with Crippen LogP contribution >= 0.6 is 11.3 Å². The highest BCUT2D eigenvalue weighted by atomic mass is 32.1. The average Bonchev–Trinajstić information content (AvgIpc) is 3.53.